The fourth-order valence-electron chi connectivity index (χ4n) is 11.0. The first kappa shape index (κ1) is 36.3. The fraction of sp³-hybridized carbons (Fsp3) is 0.320. The van der Waals surface area contributed by atoms with Crippen LogP contribution >= 0.6 is 0 Å². The number of hydrogen-bond donors (Lipinski definition) is 2. The van der Waals surface area contributed by atoms with Crippen molar-refractivity contribution in [3.05, 3.63) is 145 Å². The molecule has 2 aliphatic carbocycles. The second kappa shape index (κ2) is 15.7. The van der Waals surface area contributed by atoms with E-state index in [1.54, 1.807) is 24.8 Å². The van der Waals surface area contributed by atoms with Crippen LogP contribution in [0.25, 0.3) is 21.5 Å². The fourth-order valence-corrected chi connectivity index (χ4v) is 11.0. The average Bonchev–Trinajstić information content (AvgIpc) is 4.07. The highest BCUT2D eigenvalue weighted by Crippen LogP contribution is 2.54. The molecule has 58 heavy (non-hydrogen) atoms. The van der Waals surface area contributed by atoms with Crippen LogP contribution in [0.15, 0.2) is 134 Å². The molecule has 8 nitrogen and oxygen atoms in total. The zero-order chi connectivity index (χ0) is 38.8. The third-order valence-electron chi connectivity index (χ3n) is 13.4. The molecule has 10 rings (SSSR count). The van der Waals surface area contributed by atoms with Gasteiger partial charge in [-0.1, -0.05) is 74.2 Å². The van der Waals surface area contributed by atoms with Crippen LogP contribution in [0.3, 0.4) is 0 Å². The van der Waals surface area contributed by atoms with E-state index < -0.39 is 0 Å². The standard InChI is InChI=1S/C50H50N8/c1(11-35-57-41-21-19-37-15-3-5-17-39(37)45(41)49(25-7-8-26-49)43(57)23-33-55-47-51-29-13-30-52-47)2-12-36-58-42-22-20-38-16-4-6-18-40(38)46(42)50(27-9-10-28-50)44(58)24-34-56-48-53-31-14-32-54-48/h3-6,13-24,29-34H,1-2,7-12,25-28,35-36H2/p+2. The Balaban J connectivity index is 0.913. The van der Waals surface area contributed by atoms with E-state index in [-0.39, 0.29) is 10.8 Å². The van der Waals surface area contributed by atoms with Gasteiger partial charge in [0.1, 0.15) is 13.1 Å². The van der Waals surface area contributed by atoms with Crippen molar-refractivity contribution in [2.45, 2.75) is 87.9 Å². The van der Waals surface area contributed by atoms with Gasteiger partial charge in [-0.2, -0.15) is 9.15 Å². The van der Waals surface area contributed by atoms with E-state index in [0.717, 1.165) is 25.9 Å². The van der Waals surface area contributed by atoms with E-state index >= 15 is 0 Å². The highest BCUT2D eigenvalue weighted by Gasteiger charge is 2.54. The summed E-state index contributed by atoms with van der Waals surface area (Å²) in [6.07, 6.45) is 30.3. The maximum absolute atomic E-state index is 4.40. The molecule has 2 N–H and O–H groups in total. The van der Waals surface area contributed by atoms with Gasteiger partial charge in [-0.05, 0) is 84.3 Å². The molecule has 2 aliphatic heterocycles. The van der Waals surface area contributed by atoms with Crippen LogP contribution in [-0.2, 0) is 10.8 Å². The molecule has 4 heterocycles. The van der Waals surface area contributed by atoms with Gasteiger partial charge in [0.05, 0.1) is 10.8 Å². The summed E-state index contributed by atoms with van der Waals surface area (Å²) < 4.78 is 5.31. The van der Waals surface area contributed by atoms with E-state index in [0.29, 0.717) is 11.9 Å². The molecule has 0 saturated heterocycles. The van der Waals surface area contributed by atoms with Gasteiger partial charge < -0.3 is 10.6 Å². The number of fused-ring (bicyclic) bond motifs is 8. The largest absolute Gasteiger partial charge is 0.331 e. The predicted octanol–water partition coefficient (Wildman–Crippen LogP) is 10.9. The zero-order valence-electron chi connectivity index (χ0n) is 33.3. The second-order valence-electron chi connectivity index (χ2n) is 16.5. The SMILES string of the molecule is C(=CC1=[N+](CCCCCC[N+]2=C(C=CNc3ncccn3)C3(CCCC3)c3c2ccc2ccccc32)c2ccc3ccccc3c2C12CCCC2)Nc1ncccn1. The molecular weight excluding hydrogens is 713 g/mol. The van der Waals surface area contributed by atoms with E-state index in [9.17, 15) is 0 Å². The van der Waals surface area contributed by atoms with Crippen LogP contribution in [0, 0.1) is 0 Å². The second-order valence-corrected chi connectivity index (χ2v) is 16.5. The summed E-state index contributed by atoms with van der Waals surface area (Å²) in [6.45, 7) is 2.01. The van der Waals surface area contributed by atoms with E-state index in [1.165, 1.54) is 120 Å². The Kier molecular flexibility index (Phi) is 9.85. The maximum atomic E-state index is 4.40. The summed E-state index contributed by atoms with van der Waals surface area (Å²) in [5, 5.41) is 12.2. The molecule has 4 aromatic carbocycles. The average molecular weight is 765 g/mol. The number of anilines is 2. The van der Waals surface area contributed by atoms with Crippen molar-refractivity contribution in [2.75, 3.05) is 23.7 Å². The third-order valence-corrected chi connectivity index (χ3v) is 13.4. The van der Waals surface area contributed by atoms with Gasteiger partial charge in [0.15, 0.2) is 11.4 Å². The third kappa shape index (κ3) is 6.39. The lowest BCUT2D eigenvalue weighted by atomic mass is 9.74. The first-order valence-corrected chi connectivity index (χ1v) is 21.5. The first-order valence-electron chi connectivity index (χ1n) is 21.5. The normalized spacial score (nSPS) is 17.9. The Bertz CT molecular complexity index is 2400. The number of benzene rings is 4. The lowest BCUT2D eigenvalue weighted by Crippen LogP contribution is -2.32. The molecule has 0 radical (unpaired) electrons. The van der Waals surface area contributed by atoms with Crippen LogP contribution < -0.4 is 10.6 Å². The van der Waals surface area contributed by atoms with Crippen molar-refractivity contribution in [2.24, 2.45) is 0 Å². The van der Waals surface area contributed by atoms with E-state index in [2.05, 4.69) is 137 Å². The number of hydrogen-bond acceptors (Lipinski definition) is 6. The molecule has 2 aromatic heterocycles. The minimum Gasteiger partial charge on any atom is -0.331 e. The first-order chi connectivity index (χ1) is 28.8. The molecule has 2 spiro atoms. The van der Waals surface area contributed by atoms with Gasteiger partial charge in [-0.25, -0.2) is 19.9 Å². The number of rotatable bonds is 13. The maximum Gasteiger partial charge on any atom is 0.226 e. The molecule has 0 amide bonds. The Hall–Kier alpha value is -6.02. The van der Waals surface area contributed by atoms with Crippen molar-refractivity contribution in [1.82, 2.24) is 19.9 Å². The Morgan fingerprint density at radius 1 is 0.483 bits per heavy atom. The van der Waals surface area contributed by atoms with E-state index in [1.807, 2.05) is 12.1 Å². The molecular formula is C50H52N8+2. The van der Waals surface area contributed by atoms with Crippen LogP contribution in [0.1, 0.15) is 88.2 Å². The molecule has 2 fully saturated rings. The lowest BCUT2D eigenvalue weighted by Gasteiger charge is -2.22. The molecule has 4 aliphatic rings. The van der Waals surface area contributed by atoms with Crippen LogP contribution in [0.5, 0.6) is 0 Å². The highest BCUT2D eigenvalue weighted by atomic mass is 15.1. The molecule has 0 unspecified atom stereocenters. The highest BCUT2D eigenvalue weighted by molar-refractivity contribution is 6.09. The minimum absolute atomic E-state index is 0.0245. The van der Waals surface area contributed by atoms with Crippen molar-refractivity contribution < 1.29 is 9.15 Å². The number of nitrogens with zero attached hydrogens (tertiary/aromatic N) is 6. The summed E-state index contributed by atoms with van der Waals surface area (Å²) in [7, 11) is 0. The number of aromatic nitrogens is 4. The summed E-state index contributed by atoms with van der Waals surface area (Å²) >= 11 is 0. The Morgan fingerprint density at radius 2 is 0.897 bits per heavy atom. The van der Waals surface area contributed by atoms with Gasteiger partial charge in [-0.3, -0.25) is 0 Å². The summed E-state index contributed by atoms with van der Waals surface area (Å²) in [5.74, 6) is 1.25. The molecule has 2 saturated carbocycles. The van der Waals surface area contributed by atoms with Crippen molar-refractivity contribution in [3.63, 3.8) is 0 Å². The van der Waals surface area contributed by atoms with Crippen LogP contribution in [-0.4, -0.2) is 53.6 Å². The molecule has 0 bridgehead atoms. The van der Waals surface area contributed by atoms with E-state index in [4.69, 9.17) is 0 Å². The zero-order valence-corrected chi connectivity index (χ0v) is 33.3. The lowest BCUT2D eigenvalue weighted by molar-refractivity contribution is -0.440. The van der Waals surface area contributed by atoms with Gasteiger partial charge in [-0.15, -0.1) is 0 Å². The quantitative estimate of drug-likeness (QED) is 0.0900. The number of nitrogens with one attached hydrogen (secondary N) is 2. The summed E-state index contributed by atoms with van der Waals surface area (Å²) in [5.41, 5.74) is 8.73. The Labute approximate surface area is 341 Å². The predicted molar refractivity (Wildman–Crippen MR) is 236 cm³/mol. The van der Waals surface area contributed by atoms with Crippen molar-refractivity contribution in [3.8, 4) is 0 Å². The Morgan fingerprint density at radius 3 is 1.33 bits per heavy atom. The molecule has 8 heteroatoms. The summed E-state index contributed by atoms with van der Waals surface area (Å²) in [6, 6.07) is 31.1. The monoisotopic (exact) mass is 764 g/mol. The van der Waals surface area contributed by atoms with Gasteiger partial charge in [0, 0.05) is 85.4 Å². The number of allylic oxidation sites excluding steroid dienone is 2. The molecule has 6 aromatic rings. The minimum atomic E-state index is 0.0245. The topological polar surface area (TPSA) is 81.6 Å². The molecule has 0 atom stereocenters. The summed E-state index contributed by atoms with van der Waals surface area (Å²) in [4.78, 5) is 17.6. The molecule has 290 valence electrons. The number of unbranched alkanes of at least 4 members (excludes halogenated alkanes) is 3. The van der Waals surface area contributed by atoms with Gasteiger partial charge in [0.25, 0.3) is 0 Å². The van der Waals surface area contributed by atoms with Crippen LogP contribution in [0.4, 0.5) is 23.3 Å². The van der Waals surface area contributed by atoms with Gasteiger partial charge >= 0.3 is 0 Å². The smallest absolute Gasteiger partial charge is 0.226 e. The van der Waals surface area contributed by atoms with Crippen molar-refractivity contribution in [1.29, 1.82) is 0 Å². The van der Waals surface area contributed by atoms with Crippen LogP contribution in [0.2, 0.25) is 0 Å². The van der Waals surface area contributed by atoms with Crippen molar-refractivity contribution >= 4 is 56.2 Å². The van der Waals surface area contributed by atoms with Gasteiger partial charge in [0.2, 0.25) is 23.3 Å².